The topological polar surface area (TPSA) is 64.7 Å². The number of halogens is 1. The number of benzene rings is 1. The van der Waals surface area contributed by atoms with Crippen LogP contribution in [0.15, 0.2) is 30.5 Å². The Labute approximate surface area is 170 Å². The molecule has 0 spiro atoms. The van der Waals surface area contributed by atoms with E-state index >= 15 is 0 Å². The maximum Gasteiger partial charge on any atom is 0.220 e. The van der Waals surface area contributed by atoms with Gasteiger partial charge in [-0.3, -0.25) is 9.48 Å². The molecular weight excluding hydrogens is 369 g/mol. The van der Waals surface area contributed by atoms with Crippen molar-refractivity contribution in [3.8, 4) is 0 Å². The maximum atomic E-state index is 13.1. The van der Waals surface area contributed by atoms with Gasteiger partial charge in [0.05, 0.1) is 5.69 Å². The van der Waals surface area contributed by atoms with Gasteiger partial charge in [0.2, 0.25) is 5.91 Å². The number of hydrogen-bond acceptors (Lipinski definition) is 3. The molecule has 29 heavy (non-hydrogen) atoms. The van der Waals surface area contributed by atoms with Gasteiger partial charge >= 0.3 is 0 Å². The number of nitrogens with zero attached hydrogens (tertiary/aromatic N) is 4. The number of rotatable bonds is 8. The maximum absolute atomic E-state index is 13.1. The van der Waals surface area contributed by atoms with Gasteiger partial charge in [0.1, 0.15) is 11.6 Å². The first-order valence-electron chi connectivity index (χ1n) is 9.86. The summed E-state index contributed by atoms with van der Waals surface area (Å²) in [7, 11) is 1.92. The smallest absolute Gasteiger partial charge is 0.220 e. The molecule has 0 aliphatic heterocycles. The van der Waals surface area contributed by atoms with E-state index in [-0.39, 0.29) is 11.7 Å². The van der Waals surface area contributed by atoms with Crippen LogP contribution in [0.4, 0.5) is 4.39 Å². The molecule has 0 aliphatic rings. The Morgan fingerprint density at radius 3 is 2.52 bits per heavy atom. The summed E-state index contributed by atoms with van der Waals surface area (Å²) in [6, 6.07) is 6.49. The molecule has 0 fully saturated rings. The van der Waals surface area contributed by atoms with E-state index in [1.807, 2.05) is 38.7 Å². The number of aryl methyl sites for hydroxylation is 3. The summed E-state index contributed by atoms with van der Waals surface area (Å²) in [5, 5.41) is 7.38. The first-order chi connectivity index (χ1) is 13.8. The van der Waals surface area contributed by atoms with E-state index in [9.17, 15) is 9.18 Å². The summed E-state index contributed by atoms with van der Waals surface area (Å²) in [6.07, 6.45) is 3.60. The minimum absolute atomic E-state index is 0.0287. The second-order valence-corrected chi connectivity index (χ2v) is 7.40. The van der Waals surface area contributed by atoms with Crippen LogP contribution in [0.25, 0.3) is 0 Å². The predicted molar refractivity (Wildman–Crippen MR) is 110 cm³/mol. The fourth-order valence-electron chi connectivity index (χ4n) is 3.52. The van der Waals surface area contributed by atoms with Crippen molar-refractivity contribution >= 4 is 5.91 Å². The molecular formula is C22H28FN5O. The normalized spacial score (nSPS) is 11.1. The van der Waals surface area contributed by atoms with E-state index < -0.39 is 0 Å². The van der Waals surface area contributed by atoms with Crippen LogP contribution in [-0.4, -0.2) is 31.8 Å². The predicted octanol–water partition coefficient (Wildman–Crippen LogP) is 3.02. The van der Waals surface area contributed by atoms with Gasteiger partial charge < -0.3 is 9.88 Å². The van der Waals surface area contributed by atoms with E-state index in [0.29, 0.717) is 32.4 Å². The first kappa shape index (κ1) is 20.8. The molecule has 0 radical (unpaired) electrons. The lowest BCUT2D eigenvalue weighted by atomic mass is 10.1. The summed E-state index contributed by atoms with van der Waals surface area (Å²) >= 11 is 0. The number of carbonyl (C=O) groups is 1. The highest BCUT2D eigenvalue weighted by molar-refractivity contribution is 5.76. The minimum atomic E-state index is -0.240. The van der Waals surface area contributed by atoms with Crippen molar-refractivity contribution in [3.63, 3.8) is 0 Å². The van der Waals surface area contributed by atoms with Gasteiger partial charge in [-0.2, -0.15) is 5.10 Å². The number of hydrogen-bond donors (Lipinski definition) is 1. The Bertz CT molecular complexity index is 988. The number of imidazole rings is 1. The Balaban J connectivity index is 1.51. The Hall–Kier alpha value is -2.96. The van der Waals surface area contributed by atoms with Crippen LogP contribution < -0.4 is 5.32 Å². The molecule has 2 heterocycles. The molecule has 0 unspecified atom stereocenters. The standard InChI is InChI=1S/C22H28FN5O/c1-15-13-25-21(28(15)14-18-5-7-19(23)8-6-18)11-12-24-22(29)10-9-20-16(2)26-27(4)17(20)3/h5-8,13H,9-12,14H2,1-4H3,(H,24,29). The van der Waals surface area contributed by atoms with Gasteiger partial charge in [-0.15, -0.1) is 0 Å². The van der Waals surface area contributed by atoms with Gasteiger partial charge in [-0.1, -0.05) is 12.1 Å². The van der Waals surface area contributed by atoms with E-state index in [2.05, 4.69) is 20.0 Å². The van der Waals surface area contributed by atoms with Crippen molar-refractivity contribution in [3.05, 3.63) is 70.3 Å². The van der Waals surface area contributed by atoms with Gasteiger partial charge in [0.25, 0.3) is 0 Å². The fourth-order valence-corrected chi connectivity index (χ4v) is 3.52. The molecule has 7 heteroatoms. The van der Waals surface area contributed by atoms with E-state index in [0.717, 1.165) is 34.0 Å². The molecule has 0 saturated carbocycles. The highest BCUT2D eigenvalue weighted by Crippen LogP contribution is 2.14. The lowest BCUT2D eigenvalue weighted by molar-refractivity contribution is -0.121. The van der Waals surface area contributed by atoms with Crippen molar-refractivity contribution in [1.82, 2.24) is 24.6 Å². The second-order valence-electron chi connectivity index (χ2n) is 7.40. The molecule has 6 nitrogen and oxygen atoms in total. The minimum Gasteiger partial charge on any atom is -0.356 e. The average Bonchev–Trinajstić information content (AvgIpc) is 3.14. The van der Waals surface area contributed by atoms with Crippen molar-refractivity contribution in [2.24, 2.45) is 7.05 Å². The quantitative estimate of drug-likeness (QED) is 0.635. The van der Waals surface area contributed by atoms with Crippen LogP contribution in [0.2, 0.25) is 0 Å². The number of nitrogens with one attached hydrogen (secondary N) is 1. The largest absolute Gasteiger partial charge is 0.356 e. The summed E-state index contributed by atoms with van der Waals surface area (Å²) in [5.41, 5.74) is 5.29. The molecule has 1 amide bonds. The zero-order valence-electron chi connectivity index (χ0n) is 17.5. The monoisotopic (exact) mass is 397 g/mol. The third-order valence-corrected chi connectivity index (χ3v) is 5.32. The SMILES string of the molecule is Cc1nn(C)c(C)c1CCC(=O)NCCc1ncc(C)n1Cc1ccc(F)cc1. The third-order valence-electron chi connectivity index (χ3n) is 5.32. The Kier molecular flexibility index (Phi) is 6.46. The lowest BCUT2D eigenvalue weighted by Crippen LogP contribution is -2.27. The molecule has 0 bridgehead atoms. The lowest BCUT2D eigenvalue weighted by Gasteiger charge is -2.11. The zero-order valence-corrected chi connectivity index (χ0v) is 17.5. The van der Waals surface area contributed by atoms with Gasteiger partial charge in [0.15, 0.2) is 0 Å². The molecule has 1 aromatic carbocycles. The third kappa shape index (κ3) is 5.10. The van der Waals surface area contributed by atoms with Crippen LogP contribution in [0, 0.1) is 26.6 Å². The molecule has 0 saturated heterocycles. The number of aromatic nitrogens is 4. The molecule has 1 N–H and O–H groups in total. The van der Waals surface area contributed by atoms with Crippen LogP contribution in [0.3, 0.4) is 0 Å². The van der Waals surface area contributed by atoms with Crippen molar-refractivity contribution < 1.29 is 9.18 Å². The van der Waals surface area contributed by atoms with E-state index in [1.54, 1.807) is 12.1 Å². The van der Waals surface area contributed by atoms with Crippen LogP contribution >= 0.6 is 0 Å². The van der Waals surface area contributed by atoms with Crippen molar-refractivity contribution in [2.45, 2.75) is 46.6 Å². The van der Waals surface area contributed by atoms with E-state index in [4.69, 9.17) is 0 Å². The Morgan fingerprint density at radius 1 is 1.14 bits per heavy atom. The summed E-state index contributed by atoms with van der Waals surface area (Å²) in [6.45, 7) is 7.16. The Morgan fingerprint density at radius 2 is 1.86 bits per heavy atom. The number of amides is 1. The first-order valence-corrected chi connectivity index (χ1v) is 9.86. The molecule has 3 rings (SSSR count). The molecule has 0 aliphatic carbocycles. The van der Waals surface area contributed by atoms with Crippen LogP contribution in [0.5, 0.6) is 0 Å². The number of carbonyl (C=O) groups excluding carboxylic acids is 1. The second kappa shape index (κ2) is 9.03. The summed E-state index contributed by atoms with van der Waals surface area (Å²) < 4.78 is 17.1. The molecule has 0 atom stereocenters. The fraction of sp³-hybridized carbons (Fsp3) is 0.409. The van der Waals surface area contributed by atoms with Crippen molar-refractivity contribution in [1.29, 1.82) is 0 Å². The van der Waals surface area contributed by atoms with Crippen molar-refractivity contribution in [2.75, 3.05) is 6.54 Å². The zero-order chi connectivity index (χ0) is 21.0. The van der Waals surface area contributed by atoms with Gasteiger partial charge in [-0.25, -0.2) is 9.37 Å². The summed E-state index contributed by atoms with van der Waals surface area (Å²) in [5.74, 6) is 0.697. The highest BCUT2D eigenvalue weighted by Gasteiger charge is 2.12. The van der Waals surface area contributed by atoms with Gasteiger partial charge in [-0.05, 0) is 50.5 Å². The highest BCUT2D eigenvalue weighted by atomic mass is 19.1. The molecule has 3 aromatic rings. The van der Waals surface area contributed by atoms with Crippen LogP contribution in [0.1, 0.15) is 40.5 Å². The summed E-state index contributed by atoms with van der Waals surface area (Å²) in [4.78, 5) is 16.7. The average molecular weight is 397 g/mol. The molecule has 2 aromatic heterocycles. The molecule has 154 valence electrons. The van der Waals surface area contributed by atoms with E-state index in [1.165, 1.54) is 12.1 Å². The van der Waals surface area contributed by atoms with Gasteiger partial charge in [0, 0.05) is 50.6 Å². The van der Waals surface area contributed by atoms with Crippen LogP contribution in [-0.2, 0) is 31.2 Å².